The van der Waals surface area contributed by atoms with Crippen LogP contribution in [0, 0.1) is 17.6 Å². The van der Waals surface area contributed by atoms with Crippen LogP contribution in [0.1, 0.15) is 56.1 Å². The smallest absolute Gasteiger partial charge is 0.244 e. The number of carbonyl (C=O) groups is 3. The van der Waals surface area contributed by atoms with E-state index in [2.05, 4.69) is 10.6 Å². The molecule has 1 heterocycles. The zero-order valence-electron chi connectivity index (χ0n) is 17.9. The Hall–Kier alpha value is -3.09. The first kappa shape index (κ1) is 22.1. The third-order valence-electron chi connectivity index (χ3n) is 6.54. The average Bonchev–Trinajstić information content (AvgIpc) is 2.99. The molecule has 0 aromatic heterocycles. The van der Waals surface area contributed by atoms with Crippen LogP contribution < -0.4 is 10.6 Å². The molecule has 7 heteroatoms. The Bertz CT molecular complexity index is 1050. The molecule has 4 rings (SSSR count). The normalized spacial score (nSPS) is 23.8. The number of anilines is 1. The van der Waals surface area contributed by atoms with Crippen molar-refractivity contribution in [3.63, 3.8) is 0 Å². The first-order chi connectivity index (χ1) is 15.3. The summed E-state index contributed by atoms with van der Waals surface area (Å²) in [5, 5.41) is 5.18. The van der Waals surface area contributed by atoms with Gasteiger partial charge in [-0.1, -0.05) is 37.5 Å². The molecule has 2 fully saturated rings. The second kappa shape index (κ2) is 8.81. The zero-order chi connectivity index (χ0) is 22.9. The average molecular weight is 440 g/mol. The SMILES string of the molecule is CC1(Cc2ccc(F)cc2F)NC(=O)C(C(=O)Nc2ccc(C3CCCCC3)cc2)C1=O. The number of carbonyl (C=O) groups excluding carboxylic acids is 3. The third-order valence-corrected chi connectivity index (χ3v) is 6.54. The molecule has 1 saturated heterocycles. The molecule has 1 aliphatic carbocycles. The van der Waals surface area contributed by atoms with Gasteiger partial charge in [0.25, 0.3) is 0 Å². The van der Waals surface area contributed by atoms with Gasteiger partial charge in [0.15, 0.2) is 11.7 Å². The minimum atomic E-state index is -1.53. The Morgan fingerprint density at radius 3 is 2.41 bits per heavy atom. The number of nitrogens with one attached hydrogen (secondary N) is 2. The summed E-state index contributed by atoms with van der Waals surface area (Å²) in [5.41, 5.74) is 0.365. The maximum absolute atomic E-state index is 14.1. The number of benzene rings is 2. The fourth-order valence-corrected chi connectivity index (χ4v) is 4.75. The molecule has 0 bridgehead atoms. The van der Waals surface area contributed by atoms with Crippen molar-refractivity contribution in [1.29, 1.82) is 0 Å². The van der Waals surface area contributed by atoms with Crippen molar-refractivity contribution in [2.45, 2.75) is 56.9 Å². The van der Waals surface area contributed by atoms with Gasteiger partial charge < -0.3 is 10.6 Å². The van der Waals surface area contributed by atoms with Crippen LogP contribution in [-0.4, -0.2) is 23.1 Å². The number of hydrogen-bond donors (Lipinski definition) is 2. The molecule has 2 aromatic carbocycles. The van der Waals surface area contributed by atoms with Crippen LogP contribution in [0.15, 0.2) is 42.5 Å². The summed E-state index contributed by atoms with van der Waals surface area (Å²) >= 11 is 0. The van der Waals surface area contributed by atoms with Crippen LogP contribution in [0.25, 0.3) is 0 Å². The van der Waals surface area contributed by atoms with Crippen molar-refractivity contribution < 1.29 is 23.2 Å². The van der Waals surface area contributed by atoms with Crippen LogP contribution in [0.2, 0.25) is 0 Å². The van der Waals surface area contributed by atoms with E-state index in [1.165, 1.54) is 37.8 Å². The van der Waals surface area contributed by atoms with E-state index in [1.807, 2.05) is 12.1 Å². The lowest BCUT2D eigenvalue weighted by Crippen LogP contribution is -2.46. The molecule has 32 heavy (non-hydrogen) atoms. The van der Waals surface area contributed by atoms with Gasteiger partial charge in [0.1, 0.15) is 17.2 Å². The maximum Gasteiger partial charge on any atom is 0.244 e. The summed E-state index contributed by atoms with van der Waals surface area (Å²) in [7, 11) is 0. The molecule has 2 amide bonds. The molecule has 0 spiro atoms. The standard InChI is InChI=1S/C25H26F2N2O3/c1-25(14-17-7-10-18(26)13-20(17)27)22(30)21(24(32)29-25)23(31)28-19-11-8-16(9-12-19)15-5-3-2-4-6-15/h7-13,15,21H,2-6,14H2,1H3,(H,28,31)(H,29,32). The number of Topliss-reactive ketones (excluding diaryl/α,β-unsaturated/α-hetero) is 1. The molecule has 168 valence electrons. The maximum atomic E-state index is 14.1. The topological polar surface area (TPSA) is 75.3 Å². The molecule has 0 radical (unpaired) electrons. The Balaban J connectivity index is 1.44. The van der Waals surface area contributed by atoms with Crippen LogP contribution >= 0.6 is 0 Å². The Morgan fingerprint density at radius 2 is 1.75 bits per heavy atom. The molecule has 2 aromatic rings. The predicted octanol–water partition coefficient (Wildman–Crippen LogP) is 4.27. The summed E-state index contributed by atoms with van der Waals surface area (Å²) in [4.78, 5) is 38.2. The highest BCUT2D eigenvalue weighted by molar-refractivity contribution is 6.27. The molecule has 2 atom stereocenters. The third kappa shape index (κ3) is 4.42. The fourth-order valence-electron chi connectivity index (χ4n) is 4.75. The van der Waals surface area contributed by atoms with Crippen LogP contribution in [-0.2, 0) is 20.8 Å². The van der Waals surface area contributed by atoms with Crippen LogP contribution in [0.3, 0.4) is 0 Å². The van der Waals surface area contributed by atoms with Gasteiger partial charge in [-0.25, -0.2) is 8.78 Å². The molecule has 2 N–H and O–H groups in total. The summed E-state index contributed by atoms with van der Waals surface area (Å²) in [6, 6.07) is 10.6. The van der Waals surface area contributed by atoms with Gasteiger partial charge in [0.2, 0.25) is 11.8 Å². The molecule has 1 saturated carbocycles. The van der Waals surface area contributed by atoms with E-state index in [4.69, 9.17) is 0 Å². The Morgan fingerprint density at radius 1 is 1.06 bits per heavy atom. The van der Waals surface area contributed by atoms with Crippen LogP contribution in [0.5, 0.6) is 0 Å². The van der Waals surface area contributed by atoms with Crippen LogP contribution in [0.4, 0.5) is 14.5 Å². The van der Waals surface area contributed by atoms with Gasteiger partial charge in [-0.15, -0.1) is 0 Å². The van der Waals surface area contributed by atoms with Crippen molar-refractivity contribution >= 4 is 23.3 Å². The van der Waals surface area contributed by atoms with E-state index in [9.17, 15) is 23.2 Å². The fraction of sp³-hybridized carbons (Fsp3) is 0.400. The molecular weight excluding hydrogens is 414 g/mol. The number of ketones is 1. The summed E-state index contributed by atoms with van der Waals surface area (Å²) < 4.78 is 27.2. The summed E-state index contributed by atoms with van der Waals surface area (Å²) in [5.74, 6) is -4.62. The van der Waals surface area contributed by atoms with Crippen molar-refractivity contribution in [2.24, 2.45) is 5.92 Å². The van der Waals surface area contributed by atoms with Gasteiger partial charge in [-0.3, -0.25) is 14.4 Å². The molecule has 2 aliphatic rings. The largest absolute Gasteiger partial charge is 0.342 e. The Kier molecular flexibility index (Phi) is 6.09. The lowest BCUT2D eigenvalue weighted by Gasteiger charge is -2.23. The molecular formula is C25H26F2N2O3. The molecule has 2 unspecified atom stereocenters. The van der Waals surface area contributed by atoms with Gasteiger partial charge in [-0.05, 0) is 55.0 Å². The second-order valence-electron chi connectivity index (χ2n) is 8.98. The van der Waals surface area contributed by atoms with E-state index in [0.717, 1.165) is 25.0 Å². The highest BCUT2D eigenvalue weighted by Crippen LogP contribution is 2.33. The number of amides is 2. The number of rotatable bonds is 5. The first-order valence-electron chi connectivity index (χ1n) is 11.0. The predicted molar refractivity (Wildman–Crippen MR) is 116 cm³/mol. The van der Waals surface area contributed by atoms with Crippen molar-refractivity contribution in [1.82, 2.24) is 5.32 Å². The lowest BCUT2D eigenvalue weighted by atomic mass is 9.84. The number of halogens is 2. The van der Waals surface area contributed by atoms with Gasteiger partial charge in [0.05, 0.1) is 0 Å². The minimum Gasteiger partial charge on any atom is -0.342 e. The molecule has 5 nitrogen and oxygen atoms in total. The van der Waals surface area contributed by atoms with E-state index in [-0.39, 0.29) is 12.0 Å². The van der Waals surface area contributed by atoms with Crippen molar-refractivity contribution in [3.05, 3.63) is 65.2 Å². The van der Waals surface area contributed by atoms with Crippen molar-refractivity contribution in [3.8, 4) is 0 Å². The zero-order valence-corrected chi connectivity index (χ0v) is 17.9. The van der Waals surface area contributed by atoms with Gasteiger partial charge in [0, 0.05) is 18.2 Å². The second-order valence-corrected chi connectivity index (χ2v) is 8.98. The summed E-state index contributed by atoms with van der Waals surface area (Å²) in [6.07, 6.45) is 5.87. The first-order valence-corrected chi connectivity index (χ1v) is 11.0. The highest BCUT2D eigenvalue weighted by Gasteiger charge is 2.52. The van der Waals surface area contributed by atoms with E-state index >= 15 is 0 Å². The van der Waals surface area contributed by atoms with Gasteiger partial charge in [-0.2, -0.15) is 0 Å². The minimum absolute atomic E-state index is 0.0851. The summed E-state index contributed by atoms with van der Waals surface area (Å²) in [6.45, 7) is 1.45. The Labute approximate surface area is 185 Å². The monoisotopic (exact) mass is 440 g/mol. The number of hydrogen-bond acceptors (Lipinski definition) is 3. The highest BCUT2D eigenvalue weighted by atomic mass is 19.1. The van der Waals surface area contributed by atoms with Crippen molar-refractivity contribution in [2.75, 3.05) is 5.32 Å². The quantitative estimate of drug-likeness (QED) is 0.682. The van der Waals surface area contributed by atoms with E-state index < -0.39 is 40.7 Å². The van der Waals surface area contributed by atoms with Gasteiger partial charge >= 0.3 is 0 Å². The van der Waals surface area contributed by atoms with E-state index in [1.54, 1.807) is 12.1 Å². The molecule has 1 aliphatic heterocycles. The lowest BCUT2D eigenvalue weighted by molar-refractivity contribution is -0.135. The van der Waals surface area contributed by atoms with E-state index in [0.29, 0.717) is 11.6 Å².